The first-order valence-corrected chi connectivity index (χ1v) is 15.3. The lowest BCUT2D eigenvalue weighted by Crippen LogP contribution is -2.47. The summed E-state index contributed by atoms with van der Waals surface area (Å²) in [5.41, 5.74) is 2.34. The Hall–Kier alpha value is -3.50. The number of carbonyl (C=O) groups excluding carboxylic acids is 1. The van der Waals surface area contributed by atoms with Gasteiger partial charge in [0.05, 0.1) is 24.5 Å². The van der Waals surface area contributed by atoms with Gasteiger partial charge in [-0.2, -0.15) is 4.98 Å². The molecular formula is C32H39FN6O3. The number of benzene rings is 2. The predicted molar refractivity (Wildman–Crippen MR) is 161 cm³/mol. The summed E-state index contributed by atoms with van der Waals surface area (Å²) in [5.74, 6) is 0.746. The third-order valence-corrected chi connectivity index (χ3v) is 9.70. The van der Waals surface area contributed by atoms with Gasteiger partial charge in [-0.3, -0.25) is 9.69 Å². The highest BCUT2D eigenvalue weighted by Crippen LogP contribution is 2.42. The summed E-state index contributed by atoms with van der Waals surface area (Å²) in [6.07, 6.45) is 6.12. The summed E-state index contributed by atoms with van der Waals surface area (Å²) in [6.45, 7) is 7.89. The van der Waals surface area contributed by atoms with Gasteiger partial charge in [0, 0.05) is 50.3 Å². The smallest absolute Gasteiger partial charge is 0.264 e. The average Bonchev–Trinajstić information content (AvgIpc) is 3.56. The molecule has 7 rings (SSSR count). The largest absolute Gasteiger partial charge is 0.508 e. The standard InChI is InChI=1S/C32H39FN6O3/c1-3-23-24(33)8-7-21-17-22(40)18-26(27(21)23)39-19-25-28(30(39)41)29(37-11-6-15-42-16-14-37)35-31(34-25)36(2)20-32-9-4-12-38(32)13-5-10-32/h7-8,17-18,40H,3-6,9-16,19-20H2,1-2H3. The minimum atomic E-state index is -0.317. The summed E-state index contributed by atoms with van der Waals surface area (Å²) < 4.78 is 20.7. The number of fused-ring (bicyclic) bond motifs is 3. The van der Waals surface area contributed by atoms with E-state index in [0.717, 1.165) is 32.6 Å². The fourth-order valence-electron chi connectivity index (χ4n) is 7.75. The maximum absolute atomic E-state index is 15.0. The highest BCUT2D eigenvalue weighted by molar-refractivity contribution is 6.16. The van der Waals surface area contributed by atoms with Crippen molar-refractivity contribution in [2.75, 3.05) is 67.7 Å². The molecule has 1 N–H and O–H groups in total. The van der Waals surface area contributed by atoms with E-state index in [9.17, 15) is 14.3 Å². The van der Waals surface area contributed by atoms with Crippen LogP contribution in [0.15, 0.2) is 24.3 Å². The first kappa shape index (κ1) is 27.3. The maximum atomic E-state index is 15.0. The molecule has 3 saturated heterocycles. The molecule has 3 aromatic rings. The van der Waals surface area contributed by atoms with Crippen molar-refractivity contribution in [1.82, 2.24) is 14.9 Å². The number of ether oxygens (including phenoxy) is 1. The molecule has 0 bridgehead atoms. The van der Waals surface area contributed by atoms with Crippen molar-refractivity contribution in [2.45, 2.75) is 57.5 Å². The van der Waals surface area contributed by atoms with Crippen LogP contribution in [-0.4, -0.2) is 84.4 Å². The zero-order valence-electron chi connectivity index (χ0n) is 24.5. The molecule has 1 aromatic heterocycles. The average molecular weight is 575 g/mol. The first-order valence-electron chi connectivity index (χ1n) is 15.3. The van der Waals surface area contributed by atoms with Crippen LogP contribution < -0.4 is 14.7 Å². The Morgan fingerprint density at radius 3 is 2.67 bits per heavy atom. The molecule has 5 heterocycles. The Morgan fingerprint density at radius 2 is 1.88 bits per heavy atom. The highest BCUT2D eigenvalue weighted by Gasteiger charge is 2.45. The topological polar surface area (TPSA) is 85.3 Å². The third kappa shape index (κ3) is 4.46. The van der Waals surface area contributed by atoms with Crippen LogP contribution in [0, 0.1) is 5.82 Å². The first-order chi connectivity index (χ1) is 20.4. The molecular weight excluding hydrogens is 535 g/mol. The van der Waals surface area contributed by atoms with Crippen LogP contribution in [0.4, 0.5) is 21.8 Å². The number of hydrogen-bond acceptors (Lipinski definition) is 8. The zero-order chi connectivity index (χ0) is 29.0. The lowest BCUT2D eigenvalue weighted by Gasteiger charge is -2.36. The Bertz CT molecular complexity index is 1530. The van der Waals surface area contributed by atoms with Gasteiger partial charge < -0.3 is 24.5 Å². The summed E-state index contributed by atoms with van der Waals surface area (Å²) in [7, 11) is 2.06. The van der Waals surface area contributed by atoms with Gasteiger partial charge in [-0.05, 0) is 74.7 Å². The van der Waals surface area contributed by atoms with E-state index in [4.69, 9.17) is 14.7 Å². The number of anilines is 3. The SMILES string of the molecule is CCc1c(F)ccc2cc(O)cc(N3Cc4nc(N(C)CC56CCCN5CCC6)nc(N5CCCOCC5)c4C3=O)c12. The molecule has 3 fully saturated rings. The molecule has 0 saturated carbocycles. The van der Waals surface area contributed by atoms with Gasteiger partial charge in [0.15, 0.2) is 0 Å². The number of phenolic OH excluding ortho intramolecular Hbond substituents is 1. The fourth-order valence-corrected chi connectivity index (χ4v) is 7.75. The van der Waals surface area contributed by atoms with Crippen molar-refractivity contribution in [1.29, 1.82) is 0 Å². The second kappa shape index (κ2) is 10.6. The number of aromatic nitrogens is 2. The number of hydrogen-bond donors (Lipinski definition) is 1. The van der Waals surface area contributed by atoms with Gasteiger partial charge in [0.2, 0.25) is 5.95 Å². The maximum Gasteiger partial charge on any atom is 0.264 e. The van der Waals surface area contributed by atoms with E-state index < -0.39 is 0 Å². The minimum absolute atomic E-state index is 0.0308. The van der Waals surface area contributed by atoms with Crippen molar-refractivity contribution < 1.29 is 19.0 Å². The van der Waals surface area contributed by atoms with Gasteiger partial charge in [-0.25, -0.2) is 9.37 Å². The summed E-state index contributed by atoms with van der Waals surface area (Å²) in [5, 5.41) is 12.0. The number of carbonyl (C=O) groups is 1. The van der Waals surface area contributed by atoms with E-state index in [-0.39, 0.29) is 29.6 Å². The fraction of sp³-hybridized carbons (Fsp3) is 0.531. The van der Waals surface area contributed by atoms with Crippen LogP contribution >= 0.6 is 0 Å². The number of aryl methyl sites for hydroxylation is 1. The van der Waals surface area contributed by atoms with E-state index >= 15 is 0 Å². The van der Waals surface area contributed by atoms with Crippen LogP contribution in [0.1, 0.15) is 60.6 Å². The van der Waals surface area contributed by atoms with Crippen molar-refractivity contribution in [3.8, 4) is 5.75 Å². The number of amides is 1. The molecule has 0 radical (unpaired) electrons. The van der Waals surface area contributed by atoms with E-state index in [0.29, 0.717) is 71.2 Å². The van der Waals surface area contributed by atoms with Gasteiger partial charge in [-0.15, -0.1) is 0 Å². The summed E-state index contributed by atoms with van der Waals surface area (Å²) >= 11 is 0. The summed E-state index contributed by atoms with van der Waals surface area (Å²) in [6, 6.07) is 6.27. The monoisotopic (exact) mass is 574 g/mol. The van der Waals surface area contributed by atoms with Gasteiger partial charge in [0.25, 0.3) is 5.91 Å². The lowest BCUT2D eigenvalue weighted by atomic mass is 9.93. The Balaban J connectivity index is 1.32. The van der Waals surface area contributed by atoms with Crippen LogP contribution in [0.2, 0.25) is 0 Å². The normalized spacial score (nSPS) is 20.3. The molecule has 2 aromatic carbocycles. The number of rotatable bonds is 6. The summed E-state index contributed by atoms with van der Waals surface area (Å²) in [4.78, 5) is 33.0. The lowest BCUT2D eigenvalue weighted by molar-refractivity contribution is 0.0997. The highest BCUT2D eigenvalue weighted by atomic mass is 19.1. The Kier molecular flexibility index (Phi) is 6.93. The van der Waals surface area contributed by atoms with Crippen molar-refractivity contribution in [3.63, 3.8) is 0 Å². The van der Waals surface area contributed by atoms with Crippen LogP contribution in [0.3, 0.4) is 0 Å². The van der Waals surface area contributed by atoms with Crippen molar-refractivity contribution in [2.24, 2.45) is 0 Å². The number of aromatic hydroxyl groups is 1. The minimum Gasteiger partial charge on any atom is -0.508 e. The zero-order valence-corrected chi connectivity index (χ0v) is 24.5. The van der Waals surface area contributed by atoms with Crippen molar-refractivity contribution >= 4 is 34.1 Å². The van der Waals surface area contributed by atoms with Gasteiger partial charge >= 0.3 is 0 Å². The third-order valence-electron chi connectivity index (χ3n) is 9.70. The molecule has 4 aliphatic heterocycles. The Labute approximate surface area is 245 Å². The van der Waals surface area contributed by atoms with E-state index in [1.54, 1.807) is 23.1 Å². The second-order valence-electron chi connectivity index (χ2n) is 12.2. The van der Waals surface area contributed by atoms with Gasteiger partial charge in [-0.1, -0.05) is 13.0 Å². The number of nitrogens with zero attached hydrogens (tertiary/aromatic N) is 6. The van der Waals surface area contributed by atoms with E-state index in [1.807, 2.05) is 6.92 Å². The predicted octanol–water partition coefficient (Wildman–Crippen LogP) is 4.49. The van der Waals surface area contributed by atoms with Crippen LogP contribution in [-0.2, 0) is 17.7 Å². The number of phenols is 1. The molecule has 9 nitrogen and oxygen atoms in total. The molecule has 0 aliphatic carbocycles. The number of likely N-dealkylation sites (N-methyl/N-ethyl adjacent to an activating group) is 1. The van der Waals surface area contributed by atoms with Crippen LogP contribution in [0.25, 0.3) is 10.8 Å². The van der Waals surface area contributed by atoms with Gasteiger partial charge in [0.1, 0.15) is 22.9 Å². The molecule has 0 atom stereocenters. The number of halogens is 1. The van der Waals surface area contributed by atoms with Crippen molar-refractivity contribution in [3.05, 3.63) is 46.9 Å². The van der Waals surface area contributed by atoms with E-state index in [1.165, 1.54) is 31.7 Å². The molecule has 0 spiro atoms. The van der Waals surface area contributed by atoms with Crippen LogP contribution in [0.5, 0.6) is 5.75 Å². The quantitative estimate of drug-likeness (QED) is 0.461. The molecule has 0 unspecified atom stereocenters. The molecule has 222 valence electrons. The molecule has 1 amide bonds. The molecule has 42 heavy (non-hydrogen) atoms. The molecule has 10 heteroatoms. The molecule has 4 aliphatic rings. The second-order valence-corrected chi connectivity index (χ2v) is 12.2. The Morgan fingerprint density at radius 1 is 1.07 bits per heavy atom. The van der Waals surface area contributed by atoms with E-state index in [2.05, 4.69) is 21.7 Å².